The molecule has 3 aromatic heterocycles. The molecule has 3 rings (SSSR count). The maximum Gasteiger partial charge on any atom is 0.177 e. The van der Waals surface area contributed by atoms with Crippen LogP contribution in [0.4, 0.5) is 5.82 Å². The van der Waals surface area contributed by atoms with Gasteiger partial charge in [0.2, 0.25) is 0 Å². The van der Waals surface area contributed by atoms with Crippen molar-refractivity contribution in [2.45, 2.75) is 80.2 Å². The number of hydrogen-bond acceptors (Lipinski definition) is 5. The zero-order chi connectivity index (χ0) is 21.8. The number of aryl methyl sites for hydroxylation is 3. The van der Waals surface area contributed by atoms with Gasteiger partial charge < -0.3 is 4.90 Å². The van der Waals surface area contributed by atoms with Crippen LogP contribution >= 0.6 is 0 Å². The summed E-state index contributed by atoms with van der Waals surface area (Å²) < 4.78 is 2.09. The minimum atomic E-state index is 0.354. The Hall–Kier alpha value is -2.50. The summed E-state index contributed by atoms with van der Waals surface area (Å²) in [6.07, 6.45) is 5.82. The van der Waals surface area contributed by atoms with E-state index < -0.39 is 0 Å². The van der Waals surface area contributed by atoms with Crippen molar-refractivity contribution in [3.63, 3.8) is 0 Å². The molecule has 0 aliphatic heterocycles. The number of rotatable bonds is 9. The second-order valence-electron chi connectivity index (χ2n) is 7.77. The first kappa shape index (κ1) is 22.2. The van der Waals surface area contributed by atoms with Crippen molar-refractivity contribution in [1.29, 1.82) is 0 Å². The van der Waals surface area contributed by atoms with Gasteiger partial charge in [-0.25, -0.2) is 19.6 Å². The van der Waals surface area contributed by atoms with Crippen molar-refractivity contribution in [3.05, 3.63) is 29.2 Å². The highest BCUT2D eigenvalue weighted by Gasteiger charge is 2.21. The van der Waals surface area contributed by atoms with Gasteiger partial charge >= 0.3 is 0 Å². The molecule has 0 spiro atoms. The predicted octanol–water partition coefficient (Wildman–Crippen LogP) is 5.53. The Morgan fingerprint density at radius 1 is 0.967 bits per heavy atom. The van der Waals surface area contributed by atoms with Gasteiger partial charge in [-0.3, -0.25) is 0 Å². The first-order valence-corrected chi connectivity index (χ1v) is 11.5. The molecule has 0 aliphatic carbocycles. The molecule has 0 N–H and O–H groups in total. The summed E-state index contributed by atoms with van der Waals surface area (Å²) in [6, 6.07) is 2.57. The SMILES string of the molecule is CCc1cc(N(CC)CC)ncc1-c1nc2c(C)nn(C(CC)CC)c2nc1CC. The Labute approximate surface area is 180 Å². The van der Waals surface area contributed by atoms with Crippen LogP contribution in [-0.2, 0) is 12.8 Å². The molecule has 0 aromatic carbocycles. The standard InChI is InChI=1S/C24H36N6/c1-8-17-14-21(29(12-5)13-6)25-15-19(17)23-20(11-4)26-24-22(27-23)16(7)28-30(24)18(9-2)10-3/h14-15,18H,8-13H2,1-7H3. The van der Waals surface area contributed by atoms with Gasteiger partial charge in [-0.05, 0) is 58.1 Å². The molecule has 6 heteroatoms. The van der Waals surface area contributed by atoms with E-state index in [9.17, 15) is 0 Å². The molecule has 0 fully saturated rings. The monoisotopic (exact) mass is 408 g/mol. The summed E-state index contributed by atoms with van der Waals surface area (Å²) in [5, 5.41) is 4.81. The Morgan fingerprint density at radius 3 is 2.23 bits per heavy atom. The Morgan fingerprint density at radius 2 is 1.67 bits per heavy atom. The molecule has 0 amide bonds. The van der Waals surface area contributed by atoms with E-state index >= 15 is 0 Å². The fourth-order valence-electron chi connectivity index (χ4n) is 4.18. The number of aromatic nitrogens is 5. The van der Waals surface area contributed by atoms with Crippen molar-refractivity contribution in [2.75, 3.05) is 18.0 Å². The third-order valence-corrected chi connectivity index (χ3v) is 6.09. The van der Waals surface area contributed by atoms with Crippen molar-refractivity contribution in [2.24, 2.45) is 0 Å². The largest absolute Gasteiger partial charge is 0.357 e. The molecule has 0 unspecified atom stereocenters. The summed E-state index contributed by atoms with van der Waals surface area (Å²) in [6.45, 7) is 17.0. The molecular weight excluding hydrogens is 372 g/mol. The van der Waals surface area contributed by atoms with Gasteiger partial charge in [-0.2, -0.15) is 5.10 Å². The van der Waals surface area contributed by atoms with Crippen molar-refractivity contribution >= 4 is 17.0 Å². The zero-order valence-corrected chi connectivity index (χ0v) is 19.7. The Bertz CT molecular complexity index is 999. The number of fused-ring (bicyclic) bond motifs is 1. The number of pyridine rings is 1. The van der Waals surface area contributed by atoms with Crippen LogP contribution in [0.2, 0.25) is 0 Å². The van der Waals surface area contributed by atoms with Gasteiger partial charge in [-0.1, -0.05) is 27.7 Å². The van der Waals surface area contributed by atoms with E-state index in [2.05, 4.69) is 57.2 Å². The Balaban J connectivity index is 2.20. The number of nitrogens with zero attached hydrogens (tertiary/aromatic N) is 6. The van der Waals surface area contributed by atoms with Gasteiger partial charge in [-0.15, -0.1) is 0 Å². The zero-order valence-electron chi connectivity index (χ0n) is 19.7. The molecular formula is C24H36N6. The van der Waals surface area contributed by atoms with Gasteiger partial charge in [0.1, 0.15) is 11.3 Å². The average molecular weight is 409 g/mol. The van der Waals surface area contributed by atoms with Crippen molar-refractivity contribution in [3.8, 4) is 11.3 Å². The highest BCUT2D eigenvalue weighted by atomic mass is 15.3. The molecule has 0 radical (unpaired) electrons. The Kier molecular flexibility index (Phi) is 7.06. The predicted molar refractivity (Wildman–Crippen MR) is 125 cm³/mol. The van der Waals surface area contributed by atoms with E-state index in [0.717, 1.165) is 78.4 Å². The molecule has 0 bridgehead atoms. The average Bonchev–Trinajstić information content (AvgIpc) is 3.09. The van der Waals surface area contributed by atoms with Crippen LogP contribution in [0.5, 0.6) is 0 Å². The van der Waals surface area contributed by atoms with Crippen LogP contribution in [0.15, 0.2) is 12.3 Å². The van der Waals surface area contributed by atoms with E-state index in [4.69, 9.17) is 20.1 Å². The van der Waals surface area contributed by atoms with Gasteiger partial charge in [0, 0.05) is 24.8 Å². The maximum atomic E-state index is 5.11. The maximum absolute atomic E-state index is 5.11. The lowest BCUT2D eigenvalue weighted by Crippen LogP contribution is -2.23. The van der Waals surface area contributed by atoms with Crippen LogP contribution in [0.25, 0.3) is 22.4 Å². The molecule has 3 heterocycles. The number of hydrogen-bond donors (Lipinski definition) is 0. The highest BCUT2D eigenvalue weighted by molar-refractivity contribution is 5.79. The van der Waals surface area contributed by atoms with E-state index in [1.54, 1.807) is 0 Å². The minimum absolute atomic E-state index is 0.354. The van der Waals surface area contributed by atoms with Gasteiger partial charge in [0.25, 0.3) is 0 Å². The lowest BCUT2D eigenvalue weighted by molar-refractivity contribution is 0.436. The van der Waals surface area contributed by atoms with Crippen LogP contribution in [0, 0.1) is 6.92 Å². The third kappa shape index (κ3) is 3.92. The lowest BCUT2D eigenvalue weighted by atomic mass is 10.0. The van der Waals surface area contributed by atoms with Gasteiger partial charge in [0.05, 0.1) is 23.1 Å². The van der Waals surface area contributed by atoms with E-state index in [0.29, 0.717) is 6.04 Å². The molecule has 0 saturated heterocycles. The summed E-state index contributed by atoms with van der Waals surface area (Å²) in [5.74, 6) is 1.03. The van der Waals surface area contributed by atoms with Crippen LogP contribution in [-0.4, -0.2) is 37.8 Å². The van der Waals surface area contributed by atoms with Gasteiger partial charge in [0.15, 0.2) is 5.65 Å². The minimum Gasteiger partial charge on any atom is -0.357 e. The first-order valence-electron chi connectivity index (χ1n) is 11.5. The van der Waals surface area contributed by atoms with E-state index in [1.807, 2.05) is 13.1 Å². The lowest BCUT2D eigenvalue weighted by Gasteiger charge is -2.21. The first-order chi connectivity index (χ1) is 14.5. The second kappa shape index (κ2) is 9.54. The quantitative estimate of drug-likeness (QED) is 0.466. The fraction of sp³-hybridized carbons (Fsp3) is 0.583. The number of anilines is 1. The molecule has 0 aliphatic rings. The topological polar surface area (TPSA) is 59.7 Å². The second-order valence-corrected chi connectivity index (χ2v) is 7.77. The normalized spacial score (nSPS) is 11.6. The van der Waals surface area contributed by atoms with Crippen LogP contribution in [0.1, 0.15) is 77.4 Å². The summed E-state index contributed by atoms with van der Waals surface area (Å²) in [4.78, 5) is 17.2. The van der Waals surface area contributed by atoms with Crippen molar-refractivity contribution < 1.29 is 0 Å². The van der Waals surface area contributed by atoms with Crippen molar-refractivity contribution in [1.82, 2.24) is 24.7 Å². The highest BCUT2D eigenvalue weighted by Crippen LogP contribution is 2.31. The smallest absolute Gasteiger partial charge is 0.177 e. The molecule has 6 nitrogen and oxygen atoms in total. The van der Waals surface area contributed by atoms with E-state index in [-0.39, 0.29) is 0 Å². The van der Waals surface area contributed by atoms with Crippen LogP contribution < -0.4 is 4.90 Å². The third-order valence-electron chi connectivity index (χ3n) is 6.09. The summed E-state index contributed by atoms with van der Waals surface area (Å²) >= 11 is 0. The molecule has 0 saturated carbocycles. The molecule has 30 heavy (non-hydrogen) atoms. The fourth-order valence-corrected chi connectivity index (χ4v) is 4.18. The molecule has 0 atom stereocenters. The summed E-state index contributed by atoms with van der Waals surface area (Å²) in [5.41, 5.74) is 7.08. The molecule has 162 valence electrons. The van der Waals surface area contributed by atoms with Crippen LogP contribution in [0.3, 0.4) is 0 Å². The summed E-state index contributed by atoms with van der Waals surface area (Å²) in [7, 11) is 0. The van der Waals surface area contributed by atoms with E-state index in [1.165, 1.54) is 5.56 Å². The molecule has 3 aromatic rings.